The fourth-order valence-corrected chi connectivity index (χ4v) is 0.810. The summed E-state index contributed by atoms with van der Waals surface area (Å²) in [7, 11) is 0. The van der Waals surface area contributed by atoms with Crippen molar-refractivity contribution in [3.8, 4) is 0 Å². The molecule has 1 fully saturated rings. The van der Waals surface area contributed by atoms with Crippen LogP contribution in [0.25, 0.3) is 0 Å². The van der Waals surface area contributed by atoms with Crippen LogP contribution >= 0.6 is 12.4 Å². The number of amides is 1. The molecule has 1 amide bonds. The van der Waals surface area contributed by atoms with E-state index in [2.05, 4.69) is 5.32 Å². The van der Waals surface area contributed by atoms with Gasteiger partial charge in [-0.3, -0.25) is 4.79 Å². The summed E-state index contributed by atoms with van der Waals surface area (Å²) in [6, 6.07) is 0. The lowest BCUT2D eigenvalue weighted by Crippen LogP contribution is -2.45. The summed E-state index contributed by atoms with van der Waals surface area (Å²) in [5.74, 6) is -2.06. The third kappa shape index (κ3) is 2.51. The Morgan fingerprint density at radius 2 is 2.10 bits per heavy atom. The molecule has 1 aliphatic heterocycles. The van der Waals surface area contributed by atoms with Crippen molar-refractivity contribution in [2.75, 3.05) is 6.54 Å². The summed E-state index contributed by atoms with van der Waals surface area (Å²) < 4.78 is 0. The normalized spacial score (nSPS) is 22.8. The highest BCUT2D eigenvalue weighted by Crippen LogP contribution is 2.13. The number of aliphatic hydroxyl groups is 2. The summed E-state index contributed by atoms with van der Waals surface area (Å²) in [5, 5.41) is 20.2. The lowest BCUT2D eigenvalue weighted by molar-refractivity contribution is -0.183. The molecule has 0 atom stereocenters. The van der Waals surface area contributed by atoms with Crippen molar-refractivity contribution in [3.63, 3.8) is 0 Å². The van der Waals surface area contributed by atoms with Crippen molar-refractivity contribution < 1.29 is 15.0 Å². The third-order valence-electron chi connectivity index (χ3n) is 1.29. The second-order valence-corrected chi connectivity index (χ2v) is 2.26. The molecule has 0 unspecified atom stereocenters. The van der Waals surface area contributed by atoms with Crippen LogP contribution in [0.3, 0.4) is 0 Å². The number of carbonyl (C=O) groups is 1. The second kappa shape index (κ2) is 3.18. The largest absolute Gasteiger partial charge is 0.365 e. The molecule has 0 aromatic rings. The molecule has 60 valence electrons. The number of rotatable bonds is 0. The minimum atomic E-state index is -1.76. The van der Waals surface area contributed by atoms with Gasteiger partial charge in [-0.2, -0.15) is 0 Å². The molecule has 10 heavy (non-hydrogen) atoms. The fourth-order valence-electron chi connectivity index (χ4n) is 0.810. The van der Waals surface area contributed by atoms with Crippen LogP contribution in [-0.4, -0.2) is 28.5 Å². The van der Waals surface area contributed by atoms with Gasteiger partial charge in [0.15, 0.2) is 5.79 Å². The standard InChI is InChI=1S/C5H9NO3.ClH/c7-4-3-5(8,9)1-2-6-4;/h8-9H,1-3H2,(H,6,7);1H. The number of piperidine rings is 1. The van der Waals surface area contributed by atoms with E-state index in [1.54, 1.807) is 0 Å². The van der Waals surface area contributed by atoms with Crippen molar-refractivity contribution in [3.05, 3.63) is 0 Å². The zero-order valence-electron chi connectivity index (χ0n) is 5.33. The van der Waals surface area contributed by atoms with Gasteiger partial charge < -0.3 is 15.5 Å². The first-order valence-corrected chi connectivity index (χ1v) is 2.82. The Hall–Kier alpha value is -0.320. The molecule has 0 bridgehead atoms. The zero-order valence-corrected chi connectivity index (χ0v) is 6.15. The van der Waals surface area contributed by atoms with Crippen molar-refractivity contribution in [2.45, 2.75) is 18.6 Å². The van der Waals surface area contributed by atoms with E-state index in [4.69, 9.17) is 10.2 Å². The molecular weight excluding hydrogens is 158 g/mol. The molecule has 0 radical (unpaired) electrons. The quantitative estimate of drug-likeness (QED) is 0.406. The van der Waals surface area contributed by atoms with Crippen molar-refractivity contribution >= 4 is 18.3 Å². The highest BCUT2D eigenvalue weighted by molar-refractivity contribution is 5.85. The van der Waals surface area contributed by atoms with E-state index in [1.165, 1.54) is 0 Å². The topological polar surface area (TPSA) is 69.6 Å². The highest BCUT2D eigenvalue weighted by atomic mass is 35.5. The lowest BCUT2D eigenvalue weighted by atomic mass is 10.1. The molecule has 1 rings (SSSR count). The van der Waals surface area contributed by atoms with E-state index in [-0.39, 0.29) is 31.2 Å². The van der Waals surface area contributed by atoms with Gasteiger partial charge >= 0.3 is 0 Å². The van der Waals surface area contributed by atoms with Crippen LogP contribution in [0.15, 0.2) is 0 Å². The maximum atomic E-state index is 10.4. The van der Waals surface area contributed by atoms with Crippen LogP contribution < -0.4 is 5.32 Å². The monoisotopic (exact) mass is 167 g/mol. The third-order valence-corrected chi connectivity index (χ3v) is 1.29. The number of hydrogen-bond acceptors (Lipinski definition) is 3. The molecule has 0 aromatic heterocycles. The predicted octanol–water partition coefficient (Wildman–Crippen LogP) is -1.00. The Kier molecular flexibility index (Phi) is 3.08. The van der Waals surface area contributed by atoms with E-state index < -0.39 is 5.79 Å². The average Bonchev–Trinajstić information content (AvgIpc) is 1.60. The Balaban J connectivity index is 0.000000810. The van der Waals surface area contributed by atoms with Crippen LogP contribution in [0.5, 0.6) is 0 Å². The summed E-state index contributed by atoms with van der Waals surface area (Å²) >= 11 is 0. The number of carbonyl (C=O) groups excluding carboxylic acids is 1. The van der Waals surface area contributed by atoms with Gasteiger partial charge in [0.2, 0.25) is 5.91 Å². The van der Waals surface area contributed by atoms with Crippen LogP contribution in [0.2, 0.25) is 0 Å². The maximum Gasteiger partial charge on any atom is 0.225 e. The van der Waals surface area contributed by atoms with Crippen molar-refractivity contribution in [2.24, 2.45) is 0 Å². The molecule has 1 aliphatic rings. The van der Waals surface area contributed by atoms with Crippen LogP contribution in [0.4, 0.5) is 0 Å². The molecular formula is C5H10ClNO3. The number of hydrogen-bond donors (Lipinski definition) is 3. The van der Waals surface area contributed by atoms with Crippen LogP contribution in [0.1, 0.15) is 12.8 Å². The van der Waals surface area contributed by atoms with Gasteiger partial charge in [0.1, 0.15) is 0 Å². The number of halogens is 1. The first-order valence-electron chi connectivity index (χ1n) is 2.82. The molecule has 5 heteroatoms. The van der Waals surface area contributed by atoms with Gasteiger partial charge in [-0.05, 0) is 0 Å². The first-order chi connectivity index (χ1) is 4.10. The molecule has 0 aromatic carbocycles. The van der Waals surface area contributed by atoms with Gasteiger partial charge in [-0.25, -0.2) is 0 Å². The minimum Gasteiger partial charge on any atom is -0.365 e. The van der Waals surface area contributed by atoms with Gasteiger partial charge in [0, 0.05) is 13.0 Å². The van der Waals surface area contributed by atoms with Gasteiger partial charge in [-0.1, -0.05) is 0 Å². The highest BCUT2D eigenvalue weighted by Gasteiger charge is 2.30. The van der Waals surface area contributed by atoms with E-state index in [0.717, 1.165) is 0 Å². The molecule has 0 spiro atoms. The molecule has 1 heterocycles. The first kappa shape index (κ1) is 9.68. The summed E-state index contributed by atoms with van der Waals surface area (Å²) in [5.41, 5.74) is 0. The Bertz CT molecular complexity index is 137. The molecule has 0 saturated carbocycles. The van der Waals surface area contributed by atoms with Gasteiger partial charge in [-0.15, -0.1) is 12.4 Å². The van der Waals surface area contributed by atoms with E-state index >= 15 is 0 Å². The Morgan fingerprint density at radius 3 is 2.40 bits per heavy atom. The molecule has 4 nitrogen and oxygen atoms in total. The van der Waals surface area contributed by atoms with E-state index in [0.29, 0.717) is 6.54 Å². The van der Waals surface area contributed by atoms with Crippen LogP contribution in [0, 0.1) is 0 Å². The van der Waals surface area contributed by atoms with Crippen molar-refractivity contribution in [1.82, 2.24) is 5.32 Å². The molecule has 0 aliphatic carbocycles. The van der Waals surface area contributed by atoms with Gasteiger partial charge in [0.25, 0.3) is 0 Å². The SMILES string of the molecule is Cl.O=C1CC(O)(O)CCN1. The average molecular weight is 168 g/mol. The van der Waals surface area contributed by atoms with E-state index in [1.807, 2.05) is 0 Å². The second-order valence-electron chi connectivity index (χ2n) is 2.26. The predicted molar refractivity (Wildman–Crippen MR) is 36.7 cm³/mol. The molecule has 3 N–H and O–H groups in total. The number of nitrogens with one attached hydrogen (secondary N) is 1. The van der Waals surface area contributed by atoms with E-state index in [9.17, 15) is 4.79 Å². The lowest BCUT2D eigenvalue weighted by Gasteiger charge is -2.25. The zero-order chi connectivity index (χ0) is 6.91. The Morgan fingerprint density at radius 1 is 1.50 bits per heavy atom. The van der Waals surface area contributed by atoms with Crippen molar-refractivity contribution in [1.29, 1.82) is 0 Å². The molecule has 1 saturated heterocycles. The summed E-state index contributed by atoms with van der Waals surface area (Å²) in [6.45, 7) is 0.353. The summed E-state index contributed by atoms with van der Waals surface area (Å²) in [4.78, 5) is 10.4. The Labute approximate surface area is 64.6 Å². The van der Waals surface area contributed by atoms with Gasteiger partial charge in [0.05, 0.1) is 6.42 Å². The fraction of sp³-hybridized carbons (Fsp3) is 0.800. The van der Waals surface area contributed by atoms with Crippen LogP contribution in [-0.2, 0) is 4.79 Å². The minimum absolute atomic E-state index is 0. The summed E-state index contributed by atoms with van der Waals surface area (Å²) in [6.07, 6.45) is 0.0196. The smallest absolute Gasteiger partial charge is 0.225 e. The maximum absolute atomic E-state index is 10.4.